The Kier molecular flexibility index (Phi) is 4.88. The minimum absolute atomic E-state index is 0.354. The lowest BCUT2D eigenvalue weighted by Crippen LogP contribution is -2.31. The van der Waals surface area contributed by atoms with E-state index in [0.717, 1.165) is 5.56 Å². The van der Waals surface area contributed by atoms with E-state index in [2.05, 4.69) is 5.10 Å². The van der Waals surface area contributed by atoms with Gasteiger partial charge in [-0.2, -0.15) is 5.10 Å². The Morgan fingerprint density at radius 1 is 1.23 bits per heavy atom. The summed E-state index contributed by atoms with van der Waals surface area (Å²) in [6.07, 6.45) is -1.18. The number of hydrogen-bond acceptors (Lipinski definition) is 4. The Morgan fingerprint density at radius 2 is 1.82 bits per heavy atom. The summed E-state index contributed by atoms with van der Waals surface area (Å²) < 4.78 is 5.66. The second-order valence-electron chi connectivity index (χ2n) is 4.97. The van der Waals surface area contributed by atoms with Crippen LogP contribution >= 0.6 is 23.2 Å². The van der Waals surface area contributed by atoms with Gasteiger partial charge in [0.25, 0.3) is 5.56 Å². The van der Waals surface area contributed by atoms with Gasteiger partial charge >= 0.3 is 6.09 Å². The molecule has 0 saturated heterocycles. The molecule has 0 N–H and O–H groups in total. The average Bonchev–Trinajstić information content (AvgIpc) is 2.43. The Morgan fingerprint density at radius 3 is 2.36 bits per heavy atom. The Balaban J connectivity index is 2.50. The van der Waals surface area contributed by atoms with Gasteiger partial charge in [0.15, 0.2) is 0 Å². The van der Waals surface area contributed by atoms with Gasteiger partial charge in [-0.15, -0.1) is 4.68 Å². The molecule has 0 atom stereocenters. The van der Waals surface area contributed by atoms with E-state index in [1.807, 2.05) is 0 Å². The van der Waals surface area contributed by atoms with Gasteiger partial charge in [-0.05, 0) is 44.5 Å². The van der Waals surface area contributed by atoms with Crippen molar-refractivity contribution >= 4 is 29.3 Å². The predicted molar refractivity (Wildman–Crippen MR) is 85.7 cm³/mol. The summed E-state index contributed by atoms with van der Waals surface area (Å²) in [4.78, 5) is 23.6. The van der Waals surface area contributed by atoms with Crippen molar-refractivity contribution in [3.05, 3.63) is 50.2 Å². The quantitative estimate of drug-likeness (QED) is 0.831. The average molecular weight is 341 g/mol. The summed E-state index contributed by atoms with van der Waals surface area (Å²) >= 11 is 12.2. The molecule has 1 aromatic carbocycles. The molecule has 0 saturated carbocycles. The van der Waals surface area contributed by atoms with Gasteiger partial charge in [0, 0.05) is 21.7 Å². The number of carbonyl (C=O) groups is 1. The molecule has 0 aliphatic rings. The first kappa shape index (κ1) is 16.5. The lowest BCUT2D eigenvalue weighted by atomic mass is 10.1. The molecule has 0 amide bonds. The van der Waals surface area contributed by atoms with Gasteiger partial charge in [-0.1, -0.05) is 23.2 Å². The van der Waals surface area contributed by atoms with Crippen LogP contribution < -0.4 is 5.56 Å². The van der Waals surface area contributed by atoms with E-state index in [1.54, 1.807) is 32.9 Å². The molecule has 5 nitrogen and oxygen atoms in total. The highest BCUT2D eigenvalue weighted by molar-refractivity contribution is 6.36. The number of nitrogens with zero attached hydrogens (tertiary/aromatic N) is 2. The number of halogens is 2. The van der Waals surface area contributed by atoms with Crippen LogP contribution in [0.5, 0.6) is 0 Å². The van der Waals surface area contributed by atoms with Crippen molar-refractivity contribution in [2.75, 3.05) is 0 Å². The van der Waals surface area contributed by atoms with Crippen LogP contribution in [0, 0.1) is 6.92 Å². The number of aromatic nitrogens is 2. The molecule has 0 aliphatic heterocycles. The van der Waals surface area contributed by atoms with E-state index in [-0.39, 0.29) is 6.10 Å². The smallest absolute Gasteiger partial charge is 0.438 e. The lowest BCUT2D eigenvalue weighted by molar-refractivity contribution is 0.113. The van der Waals surface area contributed by atoms with Crippen LogP contribution in [0.1, 0.15) is 19.4 Å². The van der Waals surface area contributed by atoms with E-state index in [0.29, 0.717) is 26.0 Å². The molecule has 0 fully saturated rings. The highest BCUT2D eigenvalue weighted by Gasteiger charge is 2.14. The summed E-state index contributed by atoms with van der Waals surface area (Å²) in [6, 6.07) is 6.09. The van der Waals surface area contributed by atoms with E-state index >= 15 is 0 Å². The minimum Gasteiger partial charge on any atom is -0.445 e. The lowest BCUT2D eigenvalue weighted by Gasteiger charge is -2.10. The summed E-state index contributed by atoms with van der Waals surface area (Å²) in [7, 11) is 0. The monoisotopic (exact) mass is 340 g/mol. The third kappa shape index (κ3) is 3.48. The molecule has 116 valence electrons. The van der Waals surface area contributed by atoms with E-state index in [1.165, 1.54) is 12.1 Å². The molecule has 0 unspecified atom stereocenters. The maximum atomic E-state index is 11.9. The zero-order chi connectivity index (χ0) is 16.4. The number of carbonyl (C=O) groups excluding carboxylic acids is 1. The summed E-state index contributed by atoms with van der Waals surface area (Å²) in [5.41, 5.74) is 1.18. The SMILES string of the molecule is Cc1c(Cl)cc(-c2ccc(=O)n(C(=O)OC(C)C)n2)cc1Cl. The van der Waals surface area contributed by atoms with Gasteiger partial charge in [-0.3, -0.25) is 4.79 Å². The van der Waals surface area contributed by atoms with E-state index in [9.17, 15) is 9.59 Å². The van der Waals surface area contributed by atoms with Crippen molar-refractivity contribution in [2.45, 2.75) is 26.9 Å². The molecule has 1 aromatic heterocycles. The van der Waals surface area contributed by atoms with Gasteiger partial charge in [0.2, 0.25) is 0 Å². The Bertz CT molecular complexity index is 762. The first-order chi connectivity index (χ1) is 10.3. The molecule has 0 radical (unpaired) electrons. The van der Waals surface area contributed by atoms with Crippen molar-refractivity contribution < 1.29 is 9.53 Å². The van der Waals surface area contributed by atoms with Crippen LogP contribution in [0.4, 0.5) is 4.79 Å². The molecule has 7 heteroatoms. The van der Waals surface area contributed by atoms with Crippen LogP contribution in [-0.2, 0) is 4.74 Å². The zero-order valence-electron chi connectivity index (χ0n) is 12.3. The fraction of sp³-hybridized carbons (Fsp3) is 0.267. The predicted octanol–water partition coefficient (Wildman–Crippen LogP) is 3.92. The summed E-state index contributed by atoms with van der Waals surface area (Å²) in [5, 5.41) is 4.98. The van der Waals surface area contributed by atoms with Crippen LogP contribution in [0.25, 0.3) is 11.3 Å². The fourth-order valence-corrected chi connectivity index (χ4v) is 2.23. The zero-order valence-corrected chi connectivity index (χ0v) is 13.8. The summed E-state index contributed by atoms with van der Waals surface area (Å²) in [6.45, 7) is 5.17. The molecule has 0 spiro atoms. The molecule has 22 heavy (non-hydrogen) atoms. The minimum atomic E-state index is -0.828. The number of ether oxygens (including phenoxy) is 1. The van der Waals surface area contributed by atoms with Gasteiger partial charge < -0.3 is 4.74 Å². The number of rotatable bonds is 2. The third-order valence-corrected chi connectivity index (χ3v) is 3.67. The van der Waals surface area contributed by atoms with Gasteiger partial charge in [0.05, 0.1) is 11.8 Å². The third-order valence-electron chi connectivity index (χ3n) is 2.89. The second kappa shape index (κ2) is 6.50. The maximum Gasteiger partial charge on any atom is 0.438 e. The molecule has 0 aliphatic carbocycles. The first-order valence-electron chi connectivity index (χ1n) is 6.57. The van der Waals surface area contributed by atoms with Crippen LogP contribution in [0.2, 0.25) is 10.0 Å². The first-order valence-corrected chi connectivity index (χ1v) is 7.32. The highest BCUT2D eigenvalue weighted by Crippen LogP contribution is 2.29. The van der Waals surface area contributed by atoms with Crippen molar-refractivity contribution in [3.8, 4) is 11.3 Å². The highest BCUT2D eigenvalue weighted by atomic mass is 35.5. The molecular formula is C15H14Cl2N2O3. The molecule has 2 rings (SSSR count). The number of benzene rings is 1. The van der Waals surface area contributed by atoms with Crippen LogP contribution in [-0.4, -0.2) is 22.0 Å². The second-order valence-corrected chi connectivity index (χ2v) is 5.78. The van der Waals surface area contributed by atoms with Gasteiger partial charge in [0.1, 0.15) is 0 Å². The van der Waals surface area contributed by atoms with Gasteiger partial charge in [-0.25, -0.2) is 4.79 Å². The fourth-order valence-electron chi connectivity index (χ4n) is 1.74. The van der Waals surface area contributed by atoms with Crippen molar-refractivity contribution in [1.82, 2.24) is 9.78 Å². The topological polar surface area (TPSA) is 61.2 Å². The molecular weight excluding hydrogens is 327 g/mol. The van der Waals surface area contributed by atoms with Crippen molar-refractivity contribution in [1.29, 1.82) is 0 Å². The molecule has 0 bridgehead atoms. The summed E-state index contributed by atoms with van der Waals surface area (Å²) in [5.74, 6) is 0. The number of hydrogen-bond donors (Lipinski definition) is 0. The largest absolute Gasteiger partial charge is 0.445 e. The van der Waals surface area contributed by atoms with E-state index in [4.69, 9.17) is 27.9 Å². The normalized spacial score (nSPS) is 10.8. The molecule has 1 heterocycles. The van der Waals surface area contributed by atoms with E-state index < -0.39 is 11.7 Å². The van der Waals surface area contributed by atoms with Crippen LogP contribution in [0.15, 0.2) is 29.1 Å². The molecule has 2 aromatic rings. The maximum absolute atomic E-state index is 11.9. The van der Waals surface area contributed by atoms with Crippen LogP contribution in [0.3, 0.4) is 0 Å². The van der Waals surface area contributed by atoms with Crippen molar-refractivity contribution in [3.63, 3.8) is 0 Å². The standard InChI is InChI=1S/C15H14Cl2N2O3/c1-8(2)22-15(21)19-14(20)5-4-13(18-19)10-6-11(16)9(3)12(17)7-10/h4-8H,1-3H3. The van der Waals surface area contributed by atoms with Crippen molar-refractivity contribution in [2.24, 2.45) is 0 Å². The Hall–Kier alpha value is -1.85. The Labute approximate surface area is 137 Å².